The third kappa shape index (κ3) is 4.24. The van der Waals surface area contributed by atoms with Gasteiger partial charge in [-0.1, -0.05) is 46.5 Å². The summed E-state index contributed by atoms with van der Waals surface area (Å²) in [6.07, 6.45) is 7.82. The Morgan fingerprint density at radius 2 is 1.61 bits per heavy atom. The fourth-order valence-corrected chi connectivity index (χ4v) is 3.53. The minimum Gasteiger partial charge on any atom is -0.390 e. The van der Waals surface area contributed by atoms with Gasteiger partial charge in [0, 0.05) is 6.61 Å². The molecule has 1 aliphatic carbocycles. The average Bonchev–Trinajstić information content (AvgIpc) is 2.54. The van der Waals surface area contributed by atoms with Crippen molar-refractivity contribution < 1.29 is 9.84 Å². The van der Waals surface area contributed by atoms with Gasteiger partial charge < -0.3 is 9.84 Å². The molecule has 108 valence electrons. The molecule has 2 heteroatoms. The minimum absolute atomic E-state index is 0.264. The van der Waals surface area contributed by atoms with E-state index in [1.165, 1.54) is 25.7 Å². The van der Waals surface area contributed by atoms with Crippen molar-refractivity contribution in [2.45, 2.75) is 84.3 Å². The molecule has 0 aromatic heterocycles. The Hall–Kier alpha value is -0.0800. The lowest BCUT2D eigenvalue weighted by molar-refractivity contribution is -0.147. The van der Waals surface area contributed by atoms with Crippen LogP contribution in [-0.2, 0) is 4.74 Å². The molecule has 0 radical (unpaired) electrons. The molecule has 0 heterocycles. The van der Waals surface area contributed by atoms with Crippen molar-refractivity contribution in [3.05, 3.63) is 0 Å². The highest BCUT2D eigenvalue weighted by molar-refractivity contribution is 4.92. The number of rotatable bonds is 6. The third-order valence-electron chi connectivity index (χ3n) is 4.30. The summed E-state index contributed by atoms with van der Waals surface area (Å²) in [7, 11) is 0. The van der Waals surface area contributed by atoms with Crippen molar-refractivity contribution in [2.24, 2.45) is 11.8 Å². The van der Waals surface area contributed by atoms with Gasteiger partial charge in [0.25, 0.3) is 0 Å². The topological polar surface area (TPSA) is 29.5 Å². The summed E-state index contributed by atoms with van der Waals surface area (Å²) in [5.74, 6) is 0.966. The highest BCUT2D eigenvalue weighted by Gasteiger charge is 2.41. The van der Waals surface area contributed by atoms with Crippen LogP contribution < -0.4 is 0 Å². The second-order valence-corrected chi connectivity index (χ2v) is 6.46. The van der Waals surface area contributed by atoms with Gasteiger partial charge in [-0.15, -0.1) is 0 Å². The fourth-order valence-electron chi connectivity index (χ4n) is 3.53. The first-order chi connectivity index (χ1) is 8.52. The lowest BCUT2D eigenvalue weighted by atomic mass is 9.79. The molecule has 1 fully saturated rings. The molecule has 0 bridgehead atoms. The second kappa shape index (κ2) is 7.49. The van der Waals surface area contributed by atoms with Gasteiger partial charge in [-0.25, -0.2) is 0 Å². The maximum Gasteiger partial charge on any atom is 0.0942 e. The Kier molecular flexibility index (Phi) is 6.65. The zero-order valence-electron chi connectivity index (χ0n) is 12.7. The van der Waals surface area contributed by atoms with Crippen molar-refractivity contribution >= 4 is 0 Å². The molecule has 1 aliphatic rings. The number of hydrogen-bond donors (Lipinski definition) is 1. The summed E-state index contributed by atoms with van der Waals surface area (Å²) in [6.45, 7) is 9.39. The van der Waals surface area contributed by atoms with Gasteiger partial charge in [-0.3, -0.25) is 0 Å². The van der Waals surface area contributed by atoms with Crippen molar-refractivity contribution in [2.75, 3.05) is 6.61 Å². The van der Waals surface area contributed by atoms with Gasteiger partial charge in [-0.2, -0.15) is 0 Å². The predicted molar refractivity (Wildman–Crippen MR) is 76.7 cm³/mol. The molecule has 1 rings (SSSR count). The standard InChI is InChI=1S/C16H32O2/c1-5-18-16(10-8-6-7-9-11-16)15(17)14(4)12-13(2)3/h13-15,17H,5-12H2,1-4H3. The smallest absolute Gasteiger partial charge is 0.0942 e. The molecule has 0 saturated heterocycles. The van der Waals surface area contributed by atoms with E-state index in [0.717, 1.165) is 19.3 Å². The van der Waals surface area contributed by atoms with Gasteiger partial charge in [0.1, 0.15) is 0 Å². The summed E-state index contributed by atoms with van der Waals surface area (Å²) in [5, 5.41) is 10.8. The van der Waals surface area contributed by atoms with Crippen molar-refractivity contribution in [3.63, 3.8) is 0 Å². The number of ether oxygens (including phenoxy) is 1. The quantitative estimate of drug-likeness (QED) is 0.723. The van der Waals surface area contributed by atoms with Crippen molar-refractivity contribution in [1.29, 1.82) is 0 Å². The van der Waals surface area contributed by atoms with Crippen LogP contribution in [0.5, 0.6) is 0 Å². The van der Waals surface area contributed by atoms with Crippen LogP contribution in [0.1, 0.15) is 72.6 Å². The van der Waals surface area contributed by atoms with Crippen molar-refractivity contribution in [1.82, 2.24) is 0 Å². The molecule has 2 unspecified atom stereocenters. The molecule has 0 amide bonds. The predicted octanol–water partition coefficient (Wildman–Crippen LogP) is 4.16. The second-order valence-electron chi connectivity index (χ2n) is 6.46. The first-order valence-electron chi connectivity index (χ1n) is 7.84. The zero-order valence-corrected chi connectivity index (χ0v) is 12.7. The van der Waals surface area contributed by atoms with E-state index < -0.39 is 0 Å². The van der Waals surface area contributed by atoms with Crippen LogP contribution in [-0.4, -0.2) is 23.4 Å². The number of aliphatic hydroxyl groups is 1. The maximum absolute atomic E-state index is 10.8. The zero-order chi connectivity index (χ0) is 13.6. The van der Waals surface area contributed by atoms with Gasteiger partial charge >= 0.3 is 0 Å². The Labute approximate surface area is 113 Å². The van der Waals surface area contributed by atoms with Gasteiger partial charge in [-0.05, 0) is 38.0 Å². The van der Waals surface area contributed by atoms with E-state index in [0.29, 0.717) is 18.4 Å². The molecule has 1 saturated carbocycles. The monoisotopic (exact) mass is 256 g/mol. The van der Waals surface area contributed by atoms with E-state index in [-0.39, 0.29) is 11.7 Å². The van der Waals surface area contributed by atoms with Gasteiger partial charge in [0.05, 0.1) is 11.7 Å². The largest absolute Gasteiger partial charge is 0.390 e. The molecule has 2 atom stereocenters. The molecule has 18 heavy (non-hydrogen) atoms. The van der Waals surface area contributed by atoms with Crippen LogP contribution in [0.3, 0.4) is 0 Å². The lowest BCUT2D eigenvalue weighted by Crippen LogP contribution is -2.48. The molecular weight excluding hydrogens is 224 g/mol. The van der Waals surface area contributed by atoms with Crippen LogP contribution in [0.25, 0.3) is 0 Å². The summed E-state index contributed by atoms with van der Waals surface area (Å²) < 4.78 is 6.06. The minimum atomic E-state index is -0.307. The van der Waals surface area contributed by atoms with Crippen LogP contribution in [0, 0.1) is 11.8 Å². The van der Waals surface area contributed by atoms with E-state index >= 15 is 0 Å². The van der Waals surface area contributed by atoms with Crippen LogP contribution >= 0.6 is 0 Å². The van der Waals surface area contributed by atoms with E-state index in [4.69, 9.17) is 4.74 Å². The molecule has 0 aliphatic heterocycles. The summed E-state index contributed by atoms with van der Waals surface area (Å²) >= 11 is 0. The molecule has 0 aromatic carbocycles. The summed E-state index contributed by atoms with van der Waals surface area (Å²) in [5.41, 5.74) is -0.264. The average molecular weight is 256 g/mol. The lowest BCUT2D eigenvalue weighted by Gasteiger charge is -2.40. The molecule has 0 spiro atoms. The Morgan fingerprint density at radius 1 is 1.06 bits per heavy atom. The van der Waals surface area contributed by atoms with E-state index in [2.05, 4.69) is 20.8 Å². The third-order valence-corrected chi connectivity index (χ3v) is 4.30. The van der Waals surface area contributed by atoms with Crippen LogP contribution in [0.2, 0.25) is 0 Å². The first kappa shape index (κ1) is 16.0. The Morgan fingerprint density at radius 3 is 2.06 bits per heavy atom. The Bertz CT molecular complexity index is 217. The Balaban J connectivity index is 2.74. The summed E-state index contributed by atoms with van der Waals surface area (Å²) in [6, 6.07) is 0. The summed E-state index contributed by atoms with van der Waals surface area (Å²) in [4.78, 5) is 0. The maximum atomic E-state index is 10.8. The number of aliphatic hydroxyl groups excluding tert-OH is 1. The van der Waals surface area contributed by atoms with Crippen LogP contribution in [0.15, 0.2) is 0 Å². The molecular formula is C16H32O2. The van der Waals surface area contributed by atoms with Crippen molar-refractivity contribution in [3.8, 4) is 0 Å². The molecule has 0 aromatic rings. The normalized spacial score (nSPS) is 23.7. The fraction of sp³-hybridized carbons (Fsp3) is 1.00. The molecule has 2 nitrogen and oxygen atoms in total. The molecule has 1 N–H and O–H groups in total. The van der Waals surface area contributed by atoms with Gasteiger partial charge in [0.2, 0.25) is 0 Å². The van der Waals surface area contributed by atoms with E-state index in [1.54, 1.807) is 0 Å². The SMILES string of the molecule is CCOC1(C(O)C(C)CC(C)C)CCCCCC1. The van der Waals surface area contributed by atoms with E-state index in [9.17, 15) is 5.11 Å². The number of hydrogen-bond acceptors (Lipinski definition) is 2. The van der Waals surface area contributed by atoms with Gasteiger partial charge in [0.15, 0.2) is 0 Å². The first-order valence-corrected chi connectivity index (χ1v) is 7.84. The highest BCUT2D eigenvalue weighted by Crippen LogP contribution is 2.37. The highest BCUT2D eigenvalue weighted by atomic mass is 16.5. The van der Waals surface area contributed by atoms with Crippen LogP contribution in [0.4, 0.5) is 0 Å². The van der Waals surface area contributed by atoms with E-state index in [1.807, 2.05) is 6.92 Å².